The molecule has 10 heteroatoms. The number of hydrogen-bond acceptors (Lipinski definition) is 6. The SMILES string of the molecule is CC(=O)Nc1cccc(C(=O)NN=Cc2ccc(-c3ccc(F)c([N+](=O)[O-])c3)o2)c1. The third-order valence-corrected chi connectivity index (χ3v) is 3.86. The van der Waals surface area contributed by atoms with Gasteiger partial charge < -0.3 is 9.73 Å². The predicted octanol–water partition coefficient (Wildman–Crippen LogP) is 3.72. The number of furan rings is 1. The summed E-state index contributed by atoms with van der Waals surface area (Å²) in [5.41, 5.74) is 2.75. The molecule has 30 heavy (non-hydrogen) atoms. The molecule has 3 aromatic rings. The molecule has 0 aliphatic carbocycles. The molecule has 0 aliphatic rings. The van der Waals surface area contributed by atoms with Crippen LogP contribution in [0.1, 0.15) is 23.0 Å². The van der Waals surface area contributed by atoms with Crippen LogP contribution in [0.3, 0.4) is 0 Å². The Labute approximate surface area is 169 Å². The van der Waals surface area contributed by atoms with Crippen LogP contribution in [0.4, 0.5) is 15.8 Å². The van der Waals surface area contributed by atoms with Gasteiger partial charge in [-0.25, -0.2) is 5.43 Å². The van der Waals surface area contributed by atoms with Gasteiger partial charge in [-0.1, -0.05) is 6.07 Å². The van der Waals surface area contributed by atoms with Gasteiger partial charge in [-0.3, -0.25) is 19.7 Å². The molecule has 0 saturated carbocycles. The zero-order valence-corrected chi connectivity index (χ0v) is 15.6. The van der Waals surface area contributed by atoms with Crippen molar-refractivity contribution in [2.75, 3.05) is 5.32 Å². The Balaban J connectivity index is 1.68. The van der Waals surface area contributed by atoms with Crippen LogP contribution in [0.15, 0.2) is 64.1 Å². The Bertz CT molecular complexity index is 1160. The molecular weight excluding hydrogens is 395 g/mol. The first-order valence-electron chi connectivity index (χ1n) is 8.58. The van der Waals surface area contributed by atoms with Gasteiger partial charge in [-0.2, -0.15) is 9.49 Å². The number of amides is 2. The Hall–Kier alpha value is -4.34. The average molecular weight is 410 g/mol. The molecule has 0 radical (unpaired) electrons. The minimum absolute atomic E-state index is 0.259. The molecule has 9 nitrogen and oxygen atoms in total. The first-order chi connectivity index (χ1) is 14.3. The van der Waals surface area contributed by atoms with E-state index in [9.17, 15) is 24.1 Å². The summed E-state index contributed by atoms with van der Waals surface area (Å²) in [7, 11) is 0. The maximum absolute atomic E-state index is 13.5. The fourth-order valence-electron chi connectivity index (χ4n) is 2.54. The largest absolute Gasteiger partial charge is 0.455 e. The van der Waals surface area contributed by atoms with E-state index >= 15 is 0 Å². The first kappa shape index (κ1) is 20.4. The van der Waals surface area contributed by atoms with Gasteiger partial charge in [0.05, 0.1) is 11.1 Å². The number of halogens is 1. The van der Waals surface area contributed by atoms with Crippen molar-refractivity contribution in [1.82, 2.24) is 5.43 Å². The third kappa shape index (κ3) is 4.93. The van der Waals surface area contributed by atoms with Gasteiger partial charge in [-0.05, 0) is 42.5 Å². The molecule has 1 aromatic heterocycles. The maximum Gasteiger partial charge on any atom is 0.305 e. The van der Waals surface area contributed by atoms with E-state index in [2.05, 4.69) is 15.8 Å². The van der Waals surface area contributed by atoms with E-state index in [4.69, 9.17) is 4.42 Å². The van der Waals surface area contributed by atoms with Crippen molar-refractivity contribution in [3.8, 4) is 11.3 Å². The van der Waals surface area contributed by atoms with Crippen molar-refractivity contribution in [3.63, 3.8) is 0 Å². The summed E-state index contributed by atoms with van der Waals surface area (Å²) in [6.45, 7) is 1.36. The second-order valence-electron chi connectivity index (χ2n) is 6.09. The molecule has 2 aromatic carbocycles. The van der Waals surface area contributed by atoms with Crippen molar-refractivity contribution in [2.24, 2.45) is 5.10 Å². The van der Waals surface area contributed by atoms with E-state index in [0.717, 1.165) is 12.1 Å². The van der Waals surface area contributed by atoms with Crippen LogP contribution in [0, 0.1) is 15.9 Å². The summed E-state index contributed by atoms with van der Waals surface area (Å²) in [6, 6.07) is 12.8. The molecule has 0 saturated heterocycles. The zero-order valence-electron chi connectivity index (χ0n) is 15.6. The summed E-state index contributed by atoms with van der Waals surface area (Å²) in [5, 5.41) is 17.2. The lowest BCUT2D eigenvalue weighted by Gasteiger charge is -2.04. The number of rotatable bonds is 6. The minimum Gasteiger partial charge on any atom is -0.455 e. The molecule has 3 rings (SSSR count). The van der Waals surface area contributed by atoms with E-state index in [1.165, 1.54) is 37.4 Å². The first-order valence-corrected chi connectivity index (χ1v) is 8.58. The van der Waals surface area contributed by atoms with E-state index in [1.807, 2.05) is 0 Å². The van der Waals surface area contributed by atoms with Crippen molar-refractivity contribution >= 4 is 29.4 Å². The van der Waals surface area contributed by atoms with E-state index < -0.39 is 22.3 Å². The van der Waals surface area contributed by atoms with Crippen LogP contribution >= 0.6 is 0 Å². The highest BCUT2D eigenvalue weighted by molar-refractivity contribution is 5.97. The second kappa shape index (κ2) is 8.78. The Kier molecular flexibility index (Phi) is 5.97. The summed E-state index contributed by atoms with van der Waals surface area (Å²) >= 11 is 0. The van der Waals surface area contributed by atoms with Crippen molar-refractivity contribution in [3.05, 3.63) is 81.9 Å². The Morgan fingerprint density at radius 2 is 1.97 bits per heavy atom. The van der Waals surface area contributed by atoms with Gasteiger partial charge in [0.15, 0.2) is 0 Å². The highest BCUT2D eigenvalue weighted by Gasteiger charge is 2.16. The van der Waals surface area contributed by atoms with Gasteiger partial charge in [0.1, 0.15) is 11.5 Å². The summed E-state index contributed by atoms with van der Waals surface area (Å²) in [4.78, 5) is 33.3. The molecule has 0 bridgehead atoms. The zero-order chi connectivity index (χ0) is 21.7. The molecule has 0 atom stereocenters. The summed E-state index contributed by atoms with van der Waals surface area (Å²) < 4.78 is 19.0. The Morgan fingerprint density at radius 1 is 1.17 bits per heavy atom. The number of nitro groups is 1. The third-order valence-electron chi connectivity index (χ3n) is 3.86. The number of hydrogen-bond donors (Lipinski definition) is 2. The van der Waals surface area contributed by atoms with Crippen LogP contribution in [0.25, 0.3) is 11.3 Å². The fourth-order valence-corrected chi connectivity index (χ4v) is 2.54. The number of carbonyl (C=O) groups excluding carboxylic acids is 2. The number of benzene rings is 2. The molecular formula is C20H15FN4O5. The van der Waals surface area contributed by atoms with Gasteiger partial charge in [0.2, 0.25) is 11.7 Å². The topological polar surface area (TPSA) is 127 Å². The van der Waals surface area contributed by atoms with Gasteiger partial charge >= 0.3 is 5.69 Å². The predicted molar refractivity (Wildman–Crippen MR) is 107 cm³/mol. The van der Waals surface area contributed by atoms with Crippen LogP contribution < -0.4 is 10.7 Å². The maximum atomic E-state index is 13.5. The standard InChI is InChI=1S/C20H15FN4O5/c1-12(26)23-15-4-2-3-14(9-15)20(27)24-22-11-16-6-8-19(30-16)13-5-7-17(21)18(10-13)25(28)29/h2-11H,1H3,(H,23,26)(H,24,27). The lowest BCUT2D eigenvalue weighted by molar-refractivity contribution is -0.387. The molecule has 1 heterocycles. The highest BCUT2D eigenvalue weighted by Crippen LogP contribution is 2.27. The number of nitrogens with zero attached hydrogens (tertiary/aromatic N) is 2. The summed E-state index contributed by atoms with van der Waals surface area (Å²) in [6.07, 6.45) is 1.25. The molecule has 2 N–H and O–H groups in total. The normalized spacial score (nSPS) is 10.7. The lowest BCUT2D eigenvalue weighted by Crippen LogP contribution is -2.18. The van der Waals surface area contributed by atoms with Crippen molar-refractivity contribution in [1.29, 1.82) is 0 Å². The lowest BCUT2D eigenvalue weighted by atomic mass is 10.1. The number of carbonyl (C=O) groups is 2. The van der Waals surface area contributed by atoms with Crippen LogP contribution in [-0.4, -0.2) is 23.0 Å². The summed E-state index contributed by atoms with van der Waals surface area (Å²) in [5.74, 6) is -1.16. The highest BCUT2D eigenvalue weighted by atomic mass is 19.1. The fraction of sp³-hybridized carbons (Fsp3) is 0.0500. The molecule has 0 spiro atoms. The Morgan fingerprint density at radius 3 is 2.70 bits per heavy atom. The number of nitro benzene ring substituents is 1. The quantitative estimate of drug-likeness (QED) is 0.364. The number of anilines is 1. The van der Waals surface area contributed by atoms with Gasteiger partial charge in [0, 0.05) is 29.8 Å². The van der Waals surface area contributed by atoms with Crippen molar-refractivity contribution in [2.45, 2.75) is 6.92 Å². The van der Waals surface area contributed by atoms with Crippen LogP contribution in [-0.2, 0) is 4.79 Å². The molecule has 152 valence electrons. The van der Waals surface area contributed by atoms with Crippen LogP contribution in [0.5, 0.6) is 0 Å². The second-order valence-corrected chi connectivity index (χ2v) is 6.09. The van der Waals surface area contributed by atoms with E-state index in [-0.39, 0.29) is 23.0 Å². The van der Waals surface area contributed by atoms with E-state index in [1.54, 1.807) is 18.2 Å². The number of nitrogens with one attached hydrogen (secondary N) is 2. The van der Waals surface area contributed by atoms with E-state index in [0.29, 0.717) is 11.3 Å². The molecule has 2 amide bonds. The van der Waals surface area contributed by atoms with Crippen LogP contribution in [0.2, 0.25) is 0 Å². The number of hydrazone groups is 1. The van der Waals surface area contributed by atoms with Crippen molar-refractivity contribution < 1.29 is 23.3 Å². The molecule has 0 fully saturated rings. The van der Waals surface area contributed by atoms with Gasteiger partial charge in [-0.15, -0.1) is 0 Å². The monoisotopic (exact) mass is 410 g/mol. The van der Waals surface area contributed by atoms with Gasteiger partial charge in [0.25, 0.3) is 5.91 Å². The average Bonchev–Trinajstić information content (AvgIpc) is 3.16. The minimum atomic E-state index is -0.942. The molecule has 0 aliphatic heterocycles. The molecule has 0 unspecified atom stereocenters. The smallest absolute Gasteiger partial charge is 0.305 e.